The molecule has 0 atom stereocenters. The van der Waals surface area contributed by atoms with E-state index in [9.17, 15) is 4.79 Å². The molecule has 110 valence electrons. The van der Waals surface area contributed by atoms with Crippen molar-refractivity contribution in [3.8, 4) is 0 Å². The normalized spacial score (nSPS) is 10.9. The van der Waals surface area contributed by atoms with Gasteiger partial charge in [0.1, 0.15) is 5.82 Å². The van der Waals surface area contributed by atoms with Crippen LogP contribution in [0.1, 0.15) is 10.4 Å². The molecule has 0 radical (unpaired) electrons. The van der Waals surface area contributed by atoms with E-state index in [4.69, 9.17) is 0 Å². The lowest BCUT2D eigenvalue weighted by Gasteiger charge is -2.07. The summed E-state index contributed by atoms with van der Waals surface area (Å²) in [7, 11) is 0. The molecule has 0 saturated carbocycles. The van der Waals surface area contributed by atoms with E-state index in [1.54, 1.807) is 34.4 Å². The number of nitrogens with zero attached hydrogens (tertiary/aromatic N) is 2. The Bertz CT molecular complexity index is 760. The topological polar surface area (TPSA) is 46.9 Å². The van der Waals surface area contributed by atoms with Crippen LogP contribution in [0.2, 0.25) is 0 Å². The van der Waals surface area contributed by atoms with Crippen molar-refractivity contribution in [3.05, 3.63) is 76.6 Å². The van der Waals surface area contributed by atoms with Crippen molar-refractivity contribution in [2.75, 3.05) is 5.32 Å². The number of hydrogen-bond donors (Lipinski definition) is 1. The summed E-state index contributed by atoms with van der Waals surface area (Å²) in [6.07, 6.45) is 5.02. The van der Waals surface area contributed by atoms with Gasteiger partial charge in [-0.1, -0.05) is 36.4 Å². The number of anilines is 1. The van der Waals surface area contributed by atoms with E-state index in [-0.39, 0.29) is 5.91 Å². The van der Waals surface area contributed by atoms with Crippen LogP contribution in [0.3, 0.4) is 0 Å². The number of thiophene rings is 1. The molecule has 2 heterocycles. The van der Waals surface area contributed by atoms with E-state index < -0.39 is 0 Å². The van der Waals surface area contributed by atoms with Crippen LogP contribution in [-0.4, -0.2) is 15.7 Å². The maximum absolute atomic E-state index is 12.0. The van der Waals surface area contributed by atoms with Gasteiger partial charge < -0.3 is 5.32 Å². The Morgan fingerprint density at radius 2 is 2.05 bits per heavy atom. The Morgan fingerprint density at radius 3 is 2.82 bits per heavy atom. The van der Waals surface area contributed by atoms with E-state index in [0.717, 1.165) is 10.4 Å². The molecule has 0 spiro atoms. The second-order valence-electron chi connectivity index (χ2n) is 4.70. The minimum Gasteiger partial charge on any atom is -0.307 e. The number of amides is 1. The summed E-state index contributed by atoms with van der Waals surface area (Å²) >= 11 is 1.59. The van der Waals surface area contributed by atoms with Crippen LogP contribution >= 0.6 is 11.3 Å². The van der Waals surface area contributed by atoms with Crippen LogP contribution in [-0.2, 0) is 11.3 Å². The number of nitrogens with one attached hydrogen (secondary N) is 1. The highest BCUT2D eigenvalue weighted by atomic mass is 32.1. The average Bonchev–Trinajstić information content (AvgIpc) is 3.19. The van der Waals surface area contributed by atoms with Crippen LogP contribution < -0.4 is 5.32 Å². The minimum atomic E-state index is -0.164. The predicted octanol–water partition coefficient (Wildman–Crippen LogP) is 3.64. The molecule has 0 fully saturated rings. The molecule has 3 aromatic rings. The van der Waals surface area contributed by atoms with Gasteiger partial charge in [-0.25, -0.2) is 4.68 Å². The Labute approximate surface area is 132 Å². The summed E-state index contributed by atoms with van der Waals surface area (Å²) in [5, 5.41) is 9.09. The Kier molecular flexibility index (Phi) is 4.46. The summed E-state index contributed by atoms with van der Waals surface area (Å²) in [6.45, 7) is 0.623. The lowest BCUT2D eigenvalue weighted by molar-refractivity contribution is -0.111. The van der Waals surface area contributed by atoms with Crippen molar-refractivity contribution in [1.29, 1.82) is 0 Å². The number of rotatable bonds is 5. The van der Waals surface area contributed by atoms with Crippen LogP contribution in [0, 0.1) is 0 Å². The third-order valence-electron chi connectivity index (χ3n) is 3.09. The Hall–Kier alpha value is -2.66. The van der Waals surface area contributed by atoms with E-state index in [2.05, 4.69) is 10.4 Å². The fourth-order valence-electron chi connectivity index (χ4n) is 2.03. The molecule has 0 unspecified atom stereocenters. The summed E-state index contributed by atoms with van der Waals surface area (Å²) in [5.74, 6) is 0.521. The van der Waals surface area contributed by atoms with E-state index >= 15 is 0 Å². The first-order chi connectivity index (χ1) is 10.8. The number of benzene rings is 1. The Balaban J connectivity index is 1.66. The van der Waals surface area contributed by atoms with Crippen molar-refractivity contribution >= 4 is 29.1 Å². The number of carbonyl (C=O) groups excluding carboxylic acids is 1. The van der Waals surface area contributed by atoms with Crippen molar-refractivity contribution < 1.29 is 4.79 Å². The van der Waals surface area contributed by atoms with Gasteiger partial charge in [0, 0.05) is 17.0 Å². The van der Waals surface area contributed by atoms with Crippen molar-refractivity contribution in [2.24, 2.45) is 0 Å². The molecule has 0 bridgehead atoms. The van der Waals surface area contributed by atoms with Gasteiger partial charge in [-0.2, -0.15) is 5.10 Å². The van der Waals surface area contributed by atoms with Gasteiger partial charge in [-0.15, -0.1) is 11.3 Å². The molecule has 4 nitrogen and oxygen atoms in total. The third kappa shape index (κ3) is 3.71. The lowest BCUT2D eigenvalue weighted by Crippen LogP contribution is -2.13. The molecule has 22 heavy (non-hydrogen) atoms. The molecule has 5 heteroatoms. The van der Waals surface area contributed by atoms with Crippen LogP contribution in [0.4, 0.5) is 5.82 Å². The Morgan fingerprint density at radius 1 is 1.18 bits per heavy atom. The fraction of sp³-hybridized carbons (Fsp3) is 0.0588. The average molecular weight is 309 g/mol. The van der Waals surface area contributed by atoms with E-state index in [0.29, 0.717) is 12.4 Å². The maximum Gasteiger partial charge on any atom is 0.249 e. The zero-order valence-electron chi connectivity index (χ0n) is 11.8. The predicted molar refractivity (Wildman–Crippen MR) is 89.8 cm³/mol. The first-order valence-corrected chi connectivity index (χ1v) is 7.77. The summed E-state index contributed by atoms with van der Waals surface area (Å²) in [4.78, 5) is 13.0. The lowest BCUT2D eigenvalue weighted by atomic mass is 10.2. The molecule has 0 saturated heterocycles. The molecule has 1 amide bonds. The van der Waals surface area contributed by atoms with Crippen LogP contribution in [0.5, 0.6) is 0 Å². The quantitative estimate of drug-likeness (QED) is 0.731. The molecule has 2 aromatic heterocycles. The summed E-state index contributed by atoms with van der Waals surface area (Å²) in [5.41, 5.74) is 1.14. The fourth-order valence-corrected chi connectivity index (χ4v) is 2.65. The molecule has 0 aliphatic carbocycles. The van der Waals surface area contributed by atoms with Gasteiger partial charge in [0.2, 0.25) is 5.91 Å². The maximum atomic E-state index is 12.0. The molecule has 0 aliphatic heterocycles. The highest BCUT2D eigenvalue weighted by molar-refractivity contribution is 7.10. The second-order valence-corrected chi connectivity index (χ2v) is 5.68. The highest BCUT2D eigenvalue weighted by Gasteiger charge is 2.05. The van der Waals surface area contributed by atoms with Gasteiger partial charge in [-0.05, 0) is 23.1 Å². The largest absolute Gasteiger partial charge is 0.307 e. The van der Waals surface area contributed by atoms with E-state index in [1.807, 2.05) is 47.8 Å². The monoisotopic (exact) mass is 309 g/mol. The van der Waals surface area contributed by atoms with Gasteiger partial charge in [0.05, 0.1) is 12.7 Å². The van der Waals surface area contributed by atoms with Gasteiger partial charge in [-0.3, -0.25) is 4.79 Å². The van der Waals surface area contributed by atoms with Crippen molar-refractivity contribution in [1.82, 2.24) is 9.78 Å². The zero-order chi connectivity index (χ0) is 15.2. The molecule has 1 N–H and O–H groups in total. The third-order valence-corrected chi connectivity index (χ3v) is 3.92. The summed E-state index contributed by atoms with van der Waals surface area (Å²) < 4.78 is 1.77. The standard InChI is InChI=1S/C17H15N3OS/c21-17(9-8-15-7-4-12-22-15)19-16-10-11-18-20(16)13-14-5-2-1-3-6-14/h1-12H,13H2,(H,19,21)/b9-8+. The minimum absolute atomic E-state index is 0.164. The first-order valence-electron chi connectivity index (χ1n) is 6.89. The summed E-state index contributed by atoms with van der Waals surface area (Å²) in [6, 6.07) is 15.7. The van der Waals surface area contributed by atoms with Crippen LogP contribution in [0.15, 0.2) is 66.2 Å². The van der Waals surface area contributed by atoms with E-state index in [1.165, 1.54) is 6.08 Å². The SMILES string of the molecule is O=C(/C=C/c1cccs1)Nc1ccnn1Cc1ccccc1. The highest BCUT2D eigenvalue weighted by Crippen LogP contribution is 2.12. The smallest absolute Gasteiger partial charge is 0.249 e. The first kappa shape index (κ1) is 14.3. The van der Waals surface area contributed by atoms with Crippen molar-refractivity contribution in [2.45, 2.75) is 6.54 Å². The number of carbonyl (C=O) groups is 1. The number of aromatic nitrogens is 2. The molecular weight excluding hydrogens is 294 g/mol. The number of hydrogen-bond acceptors (Lipinski definition) is 3. The zero-order valence-corrected chi connectivity index (χ0v) is 12.7. The van der Waals surface area contributed by atoms with Gasteiger partial charge in [0.25, 0.3) is 0 Å². The van der Waals surface area contributed by atoms with Crippen molar-refractivity contribution in [3.63, 3.8) is 0 Å². The van der Waals surface area contributed by atoms with Gasteiger partial charge in [0.15, 0.2) is 0 Å². The molecule has 1 aromatic carbocycles. The molecular formula is C17H15N3OS. The van der Waals surface area contributed by atoms with Gasteiger partial charge >= 0.3 is 0 Å². The van der Waals surface area contributed by atoms with Crippen LogP contribution in [0.25, 0.3) is 6.08 Å². The second kappa shape index (κ2) is 6.87. The molecule has 0 aliphatic rings. The molecule has 3 rings (SSSR count).